The van der Waals surface area contributed by atoms with Crippen LogP contribution in [0.2, 0.25) is 0 Å². The van der Waals surface area contributed by atoms with Crippen LogP contribution in [0.5, 0.6) is 11.5 Å². The second-order valence-corrected chi connectivity index (χ2v) is 8.24. The van der Waals surface area contributed by atoms with E-state index in [9.17, 15) is 4.79 Å². The molecule has 0 saturated carbocycles. The quantitative estimate of drug-likeness (QED) is 0.357. The van der Waals surface area contributed by atoms with E-state index >= 15 is 0 Å². The molecule has 33 heavy (non-hydrogen) atoms. The third kappa shape index (κ3) is 5.12. The van der Waals surface area contributed by atoms with Crippen molar-refractivity contribution in [1.29, 1.82) is 0 Å². The zero-order valence-corrected chi connectivity index (χ0v) is 19.3. The Morgan fingerprint density at radius 1 is 1.21 bits per heavy atom. The molecule has 0 unspecified atom stereocenters. The van der Waals surface area contributed by atoms with Crippen molar-refractivity contribution in [3.63, 3.8) is 0 Å². The molecule has 4 rings (SSSR count). The standard InChI is InChI=1S/C25H24N4O3S/c1-4-8-17-11-12-19(20(15-17)31-3)32-16-21(30)27-25-28-22(18-9-6-5-7-10-18)23(33-25)24-26-13-14-29(24)2/h4-7,9-15H,1,8,16H2,2-3H3,(H,27,28,30). The number of carbonyl (C=O) groups excluding carboxylic acids is 1. The van der Waals surface area contributed by atoms with Gasteiger partial charge < -0.3 is 14.0 Å². The minimum absolute atomic E-state index is 0.171. The molecule has 0 fully saturated rings. The zero-order valence-electron chi connectivity index (χ0n) is 18.4. The van der Waals surface area contributed by atoms with Gasteiger partial charge in [-0.15, -0.1) is 6.58 Å². The highest BCUT2D eigenvalue weighted by molar-refractivity contribution is 7.19. The smallest absolute Gasteiger partial charge is 0.264 e. The maximum Gasteiger partial charge on any atom is 0.264 e. The topological polar surface area (TPSA) is 78.3 Å². The van der Waals surface area contributed by atoms with Crippen molar-refractivity contribution in [2.45, 2.75) is 6.42 Å². The first-order chi connectivity index (χ1) is 16.1. The molecule has 1 amide bonds. The highest BCUT2D eigenvalue weighted by atomic mass is 32.1. The Bertz CT molecular complexity index is 1260. The minimum Gasteiger partial charge on any atom is -0.493 e. The number of allylic oxidation sites excluding steroid dienone is 1. The van der Waals surface area contributed by atoms with Crippen LogP contribution in [0, 0.1) is 0 Å². The minimum atomic E-state index is -0.313. The number of aromatic nitrogens is 3. The normalized spacial score (nSPS) is 10.6. The third-order valence-corrected chi connectivity index (χ3v) is 5.88. The van der Waals surface area contributed by atoms with Crippen molar-refractivity contribution in [3.8, 4) is 33.5 Å². The van der Waals surface area contributed by atoms with Crippen LogP contribution >= 0.6 is 11.3 Å². The number of benzene rings is 2. The van der Waals surface area contributed by atoms with Gasteiger partial charge >= 0.3 is 0 Å². The Morgan fingerprint density at radius 2 is 2.03 bits per heavy atom. The molecule has 4 aromatic rings. The molecule has 0 aliphatic carbocycles. The van der Waals surface area contributed by atoms with Crippen LogP contribution < -0.4 is 14.8 Å². The molecule has 2 aromatic heterocycles. The number of hydrogen-bond acceptors (Lipinski definition) is 6. The Hall–Kier alpha value is -3.91. The fraction of sp³-hybridized carbons (Fsp3) is 0.160. The molecule has 0 spiro atoms. The molecule has 1 N–H and O–H groups in total. The van der Waals surface area contributed by atoms with E-state index in [0.29, 0.717) is 16.6 Å². The van der Waals surface area contributed by atoms with Crippen LogP contribution in [-0.4, -0.2) is 34.2 Å². The van der Waals surface area contributed by atoms with Crippen molar-refractivity contribution >= 4 is 22.4 Å². The lowest BCUT2D eigenvalue weighted by molar-refractivity contribution is -0.118. The number of carbonyl (C=O) groups is 1. The van der Waals surface area contributed by atoms with Crippen LogP contribution in [0.3, 0.4) is 0 Å². The van der Waals surface area contributed by atoms with Gasteiger partial charge in [0.05, 0.1) is 17.7 Å². The summed E-state index contributed by atoms with van der Waals surface area (Å²) in [6.07, 6.45) is 6.16. The highest BCUT2D eigenvalue weighted by Gasteiger charge is 2.19. The Kier molecular flexibility index (Phi) is 6.85. The zero-order chi connectivity index (χ0) is 23.2. The van der Waals surface area contributed by atoms with Crippen LogP contribution in [0.25, 0.3) is 22.0 Å². The van der Waals surface area contributed by atoms with Crippen molar-refractivity contribution < 1.29 is 14.3 Å². The van der Waals surface area contributed by atoms with Gasteiger partial charge in [0.2, 0.25) is 0 Å². The van der Waals surface area contributed by atoms with E-state index < -0.39 is 0 Å². The number of ether oxygens (including phenoxy) is 2. The second kappa shape index (κ2) is 10.1. The number of anilines is 1. The molecular weight excluding hydrogens is 436 g/mol. The van der Waals surface area contributed by atoms with E-state index in [1.807, 2.05) is 66.4 Å². The summed E-state index contributed by atoms with van der Waals surface area (Å²) >= 11 is 1.38. The van der Waals surface area contributed by atoms with E-state index in [2.05, 4.69) is 21.9 Å². The summed E-state index contributed by atoms with van der Waals surface area (Å²) in [6.45, 7) is 3.57. The maximum atomic E-state index is 12.6. The second-order valence-electron chi connectivity index (χ2n) is 7.24. The SMILES string of the molecule is C=CCc1ccc(OCC(=O)Nc2nc(-c3ccccc3)c(-c3nccn3C)s2)c(OC)c1. The summed E-state index contributed by atoms with van der Waals surface area (Å²) in [6, 6.07) is 15.4. The number of hydrogen-bond donors (Lipinski definition) is 1. The first-order valence-electron chi connectivity index (χ1n) is 10.3. The molecule has 0 atom stereocenters. The van der Waals surface area contributed by atoms with Gasteiger partial charge in [-0.05, 0) is 24.1 Å². The number of nitrogens with zero attached hydrogens (tertiary/aromatic N) is 3. The summed E-state index contributed by atoms with van der Waals surface area (Å²) in [5.41, 5.74) is 2.77. The predicted octanol–water partition coefficient (Wildman–Crippen LogP) is 4.97. The molecule has 8 heteroatoms. The number of amides is 1. The average molecular weight is 461 g/mol. The average Bonchev–Trinajstić information content (AvgIpc) is 3.44. The summed E-state index contributed by atoms with van der Waals surface area (Å²) in [5, 5.41) is 3.33. The fourth-order valence-corrected chi connectivity index (χ4v) is 4.37. The largest absolute Gasteiger partial charge is 0.493 e. The molecule has 0 radical (unpaired) electrons. The van der Waals surface area contributed by atoms with Gasteiger partial charge in [0, 0.05) is 25.0 Å². The van der Waals surface area contributed by atoms with Gasteiger partial charge in [-0.25, -0.2) is 9.97 Å². The first kappa shape index (κ1) is 22.3. The van der Waals surface area contributed by atoms with Crippen molar-refractivity contribution in [3.05, 3.63) is 79.1 Å². The Morgan fingerprint density at radius 3 is 2.73 bits per heavy atom. The maximum absolute atomic E-state index is 12.6. The van der Waals surface area contributed by atoms with Crippen molar-refractivity contribution in [2.75, 3.05) is 19.0 Å². The predicted molar refractivity (Wildman–Crippen MR) is 131 cm³/mol. The van der Waals surface area contributed by atoms with Gasteiger partial charge in [0.25, 0.3) is 5.91 Å². The lowest BCUT2D eigenvalue weighted by Crippen LogP contribution is -2.20. The lowest BCUT2D eigenvalue weighted by Gasteiger charge is -2.11. The van der Waals surface area contributed by atoms with Gasteiger partial charge in [0.1, 0.15) is 0 Å². The van der Waals surface area contributed by atoms with E-state index in [0.717, 1.165) is 33.9 Å². The lowest BCUT2D eigenvalue weighted by atomic mass is 10.1. The Labute approximate surface area is 196 Å². The Balaban J connectivity index is 1.51. The molecule has 0 bridgehead atoms. The van der Waals surface area contributed by atoms with E-state index in [4.69, 9.17) is 9.47 Å². The van der Waals surface area contributed by atoms with E-state index in [1.54, 1.807) is 19.4 Å². The summed E-state index contributed by atoms with van der Waals surface area (Å²) in [5.74, 6) is 1.54. The van der Waals surface area contributed by atoms with Gasteiger partial charge in [-0.1, -0.05) is 53.8 Å². The molecular formula is C25H24N4O3S. The number of aryl methyl sites for hydroxylation is 1. The number of nitrogens with one attached hydrogen (secondary N) is 1. The monoisotopic (exact) mass is 460 g/mol. The van der Waals surface area contributed by atoms with Crippen molar-refractivity contribution in [2.24, 2.45) is 7.05 Å². The van der Waals surface area contributed by atoms with Gasteiger partial charge in [-0.3, -0.25) is 10.1 Å². The van der Waals surface area contributed by atoms with E-state index in [-0.39, 0.29) is 12.5 Å². The van der Waals surface area contributed by atoms with Crippen LogP contribution in [-0.2, 0) is 18.3 Å². The van der Waals surface area contributed by atoms with Gasteiger partial charge in [0.15, 0.2) is 29.1 Å². The molecule has 2 aromatic carbocycles. The number of imidazole rings is 1. The number of methoxy groups -OCH3 is 1. The third-order valence-electron chi connectivity index (χ3n) is 4.91. The van der Waals surface area contributed by atoms with Gasteiger partial charge in [-0.2, -0.15) is 0 Å². The molecule has 0 aliphatic heterocycles. The van der Waals surface area contributed by atoms with Crippen LogP contribution in [0.4, 0.5) is 5.13 Å². The van der Waals surface area contributed by atoms with Crippen LogP contribution in [0.15, 0.2) is 73.6 Å². The van der Waals surface area contributed by atoms with Crippen molar-refractivity contribution in [1.82, 2.24) is 14.5 Å². The molecule has 0 aliphatic rings. The van der Waals surface area contributed by atoms with E-state index in [1.165, 1.54) is 11.3 Å². The number of rotatable bonds is 9. The number of thiazole rings is 1. The molecule has 168 valence electrons. The van der Waals surface area contributed by atoms with Crippen LogP contribution in [0.1, 0.15) is 5.56 Å². The summed E-state index contributed by atoms with van der Waals surface area (Å²) < 4.78 is 13.0. The molecule has 2 heterocycles. The highest BCUT2D eigenvalue weighted by Crippen LogP contribution is 2.38. The summed E-state index contributed by atoms with van der Waals surface area (Å²) in [7, 11) is 3.50. The molecule has 7 nitrogen and oxygen atoms in total. The molecule has 0 saturated heterocycles. The fourth-order valence-electron chi connectivity index (χ4n) is 3.32. The summed E-state index contributed by atoms with van der Waals surface area (Å²) in [4.78, 5) is 22.6. The first-order valence-corrected chi connectivity index (χ1v) is 11.1.